The quantitative estimate of drug-likeness (QED) is 0.767. The van der Waals surface area contributed by atoms with Crippen LogP contribution in [0.3, 0.4) is 0 Å². The van der Waals surface area contributed by atoms with Crippen LogP contribution in [-0.2, 0) is 0 Å². The van der Waals surface area contributed by atoms with Crippen LogP contribution in [0.1, 0.15) is 25.5 Å². The van der Waals surface area contributed by atoms with Crippen LogP contribution in [0.2, 0.25) is 0 Å². The number of anilines is 3. The molecule has 19 heavy (non-hydrogen) atoms. The molecular formula is C14H19N5. The van der Waals surface area contributed by atoms with Gasteiger partial charge < -0.3 is 16.4 Å². The maximum absolute atomic E-state index is 6.05. The molecule has 0 aliphatic heterocycles. The summed E-state index contributed by atoms with van der Waals surface area (Å²) in [6, 6.07) is 10.3. The molecule has 5 nitrogen and oxygen atoms in total. The van der Waals surface area contributed by atoms with Crippen molar-refractivity contribution in [1.82, 2.24) is 9.97 Å². The van der Waals surface area contributed by atoms with Crippen LogP contribution in [0, 0.1) is 0 Å². The molecular weight excluding hydrogens is 238 g/mol. The fraction of sp³-hybridized carbons (Fsp3) is 0.286. The molecule has 1 unspecified atom stereocenters. The lowest BCUT2D eigenvalue weighted by Gasteiger charge is -2.17. The van der Waals surface area contributed by atoms with Crippen LogP contribution in [0.25, 0.3) is 0 Å². The highest BCUT2D eigenvalue weighted by atomic mass is 15.1. The number of rotatable bonds is 5. The zero-order chi connectivity index (χ0) is 13.7. The number of nitrogens with two attached hydrogens (primary N) is 1. The fourth-order valence-corrected chi connectivity index (χ4v) is 1.85. The molecule has 2 aromatic rings. The Hall–Kier alpha value is -2.30. The van der Waals surface area contributed by atoms with Crippen molar-refractivity contribution in [3.8, 4) is 0 Å². The SMILES string of the molecule is CCNc1ncnc(NC(C)c2ccccc2)c1N. The van der Waals surface area contributed by atoms with Crippen molar-refractivity contribution in [1.29, 1.82) is 0 Å². The molecule has 0 aliphatic rings. The van der Waals surface area contributed by atoms with E-state index in [2.05, 4.69) is 39.7 Å². The average Bonchev–Trinajstić information content (AvgIpc) is 2.44. The first kappa shape index (κ1) is 13.1. The van der Waals surface area contributed by atoms with Gasteiger partial charge >= 0.3 is 0 Å². The van der Waals surface area contributed by atoms with E-state index in [1.807, 2.05) is 25.1 Å². The van der Waals surface area contributed by atoms with E-state index in [9.17, 15) is 0 Å². The Bertz CT molecular complexity index is 527. The summed E-state index contributed by atoms with van der Waals surface area (Å²) in [5.41, 5.74) is 7.78. The van der Waals surface area contributed by atoms with Gasteiger partial charge in [-0.1, -0.05) is 30.3 Å². The van der Waals surface area contributed by atoms with Crippen LogP contribution in [0.4, 0.5) is 17.3 Å². The van der Waals surface area contributed by atoms with Gasteiger partial charge in [0.15, 0.2) is 11.6 Å². The number of hydrogen-bond acceptors (Lipinski definition) is 5. The predicted octanol–water partition coefficient (Wildman–Crippen LogP) is 2.66. The van der Waals surface area contributed by atoms with Crippen LogP contribution >= 0.6 is 0 Å². The van der Waals surface area contributed by atoms with Crippen molar-refractivity contribution in [3.05, 3.63) is 42.2 Å². The van der Waals surface area contributed by atoms with Gasteiger partial charge in [-0.2, -0.15) is 0 Å². The third-order valence-corrected chi connectivity index (χ3v) is 2.88. The molecule has 0 bridgehead atoms. The topological polar surface area (TPSA) is 75.9 Å². The smallest absolute Gasteiger partial charge is 0.155 e. The van der Waals surface area contributed by atoms with Gasteiger partial charge in [-0.05, 0) is 19.4 Å². The first-order chi connectivity index (χ1) is 9.22. The molecule has 1 aromatic heterocycles. The standard InChI is InChI=1S/C14H19N5/c1-3-16-13-12(15)14(18-9-17-13)19-10(2)11-7-5-4-6-8-11/h4-10H,3,15H2,1-2H3,(H2,16,17,18,19). The number of nitrogens with one attached hydrogen (secondary N) is 2. The second-order valence-corrected chi connectivity index (χ2v) is 4.29. The third-order valence-electron chi connectivity index (χ3n) is 2.88. The highest BCUT2D eigenvalue weighted by Crippen LogP contribution is 2.26. The Morgan fingerprint density at radius 2 is 1.84 bits per heavy atom. The highest BCUT2D eigenvalue weighted by molar-refractivity contribution is 5.74. The number of aromatic nitrogens is 2. The monoisotopic (exact) mass is 257 g/mol. The van der Waals surface area contributed by atoms with Crippen molar-refractivity contribution in [2.45, 2.75) is 19.9 Å². The molecule has 0 radical (unpaired) electrons. The van der Waals surface area contributed by atoms with Gasteiger partial charge in [0.1, 0.15) is 12.0 Å². The summed E-state index contributed by atoms with van der Waals surface area (Å²) in [6.07, 6.45) is 1.51. The van der Waals surface area contributed by atoms with Crippen molar-refractivity contribution in [2.75, 3.05) is 22.9 Å². The van der Waals surface area contributed by atoms with Crippen LogP contribution in [0.5, 0.6) is 0 Å². The van der Waals surface area contributed by atoms with E-state index in [0.29, 0.717) is 17.3 Å². The van der Waals surface area contributed by atoms with Crippen molar-refractivity contribution in [3.63, 3.8) is 0 Å². The minimum absolute atomic E-state index is 0.132. The summed E-state index contributed by atoms with van der Waals surface area (Å²) in [4.78, 5) is 8.32. The van der Waals surface area contributed by atoms with Gasteiger partial charge in [0.05, 0.1) is 6.04 Å². The van der Waals surface area contributed by atoms with Crippen molar-refractivity contribution >= 4 is 17.3 Å². The molecule has 5 heteroatoms. The predicted molar refractivity (Wildman–Crippen MR) is 79.1 cm³/mol. The van der Waals surface area contributed by atoms with Gasteiger partial charge in [0, 0.05) is 6.54 Å². The summed E-state index contributed by atoms with van der Waals surface area (Å²) in [5, 5.41) is 6.42. The molecule has 100 valence electrons. The Balaban J connectivity index is 2.17. The lowest BCUT2D eigenvalue weighted by Crippen LogP contribution is -2.12. The number of nitrogen functional groups attached to an aromatic ring is 1. The average molecular weight is 257 g/mol. The summed E-state index contributed by atoms with van der Waals surface area (Å²) in [6.45, 7) is 4.85. The molecule has 4 N–H and O–H groups in total. The van der Waals surface area contributed by atoms with Gasteiger partial charge in [0.25, 0.3) is 0 Å². The summed E-state index contributed by atoms with van der Waals surface area (Å²) in [5.74, 6) is 1.32. The van der Waals surface area contributed by atoms with E-state index in [-0.39, 0.29) is 6.04 Å². The van der Waals surface area contributed by atoms with Crippen molar-refractivity contribution < 1.29 is 0 Å². The molecule has 0 spiro atoms. The zero-order valence-electron chi connectivity index (χ0n) is 11.2. The lowest BCUT2D eigenvalue weighted by atomic mass is 10.1. The van der Waals surface area contributed by atoms with E-state index in [0.717, 1.165) is 6.54 Å². The maximum Gasteiger partial charge on any atom is 0.155 e. The Kier molecular flexibility index (Phi) is 4.18. The van der Waals surface area contributed by atoms with Crippen LogP contribution in [-0.4, -0.2) is 16.5 Å². The summed E-state index contributed by atoms with van der Waals surface area (Å²) in [7, 11) is 0. The normalized spacial score (nSPS) is 11.9. The molecule has 1 aromatic carbocycles. The number of hydrogen-bond donors (Lipinski definition) is 3. The number of nitrogens with zero attached hydrogens (tertiary/aromatic N) is 2. The molecule has 0 amide bonds. The third kappa shape index (κ3) is 3.13. The summed E-state index contributed by atoms with van der Waals surface area (Å²) >= 11 is 0. The van der Waals surface area contributed by atoms with Crippen molar-refractivity contribution in [2.24, 2.45) is 0 Å². The first-order valence-electron chi connectivity index (χ1n) is 6.38. The molecule has 0 fully saturated rings. The van der Waals surface area contributed by atoms with Crippen LogP contribution < -0.4 is 16.4 Å². The lowest BCUT2D eigenvalue weighted by molar-refractivity contribution is 0.873. The number of benzene rings is 1. The van der Waals surface area contributed by atoms with Gasteiger partial charge in [0.2, 0.25) is 0 Å². The Labute approximate surface area is 113 Å². The van der Waals surface area contributed by atoms with Gasteiger partial charge in [-0.25, -0.2) is 9.97 Å². The molecule has 0 aliphatic carbocycles. The Morgan fingerprint density at radius 3 is 2.53 bits per heavy atom. The largest absolute Gasteiger partial charge is 0.393 e. The van der Waals surface area contributed by atoms with E-state index < -0.39 is 0 Å². The second kappa shape index (κ2) is 6.04. The minimum Gasteiger partial charge on any atom is -0.393 e. The fourth-order valence-electron chi connectivity index (χ4n) is 1.85. The summed E-state index contributed by atoms with van der Waals surface area (Å²) < 4.78 is 0. The van der Waals surface area contributed by atoms with Gasteiger partial charge in [-0.15, -0.1) is 0 Å². The Morgan fingerprint density at radius 1 is 1.16 bits per heavy atom. The van der Waals surface area contributed by atoms with E-state index >= 15 is 0 Å². The van der Waals surface area contributed by atoms with Crippen LogP contribution in [0.15, 0.2) is 36.7 Å². The molecule has 1 heterocycles. The zero-order valence-corrected chi connectivity index (χ0v) is 11.2. The first-order valence-corrected chi connectivity index (χ1v) is 6.38. The molecule has 0 saturated carbocycles. The van der Waals surface area contributed by atoms with Gasteiger partial charge in [-0.3, -0.25) is 0 Å². The molecule has 2 rings (SSSR count). The van der Waals surface area contributed by atoms with E-state index in [4.69, 9.17) is 5.73 Å². The van der Waals surface area contributed by atoms with E-state index in [1.165, 1.54) is 11.9 Å². The molecule has 1 atom stereocenters. The van der Waals surface area contributed by atoms with E-state index in [1.54, 1.807) is 0 Å². The molecule has 0 saturated heterocycles. The maximum atomic E-state index is 6.05. The minimum atomic E-state index is 0.132. The highest BCUT2D eigenvalue weighted by Gasteiger charge is 2.11. The second-order valence-electron chi connectivity index (χ2n) is 4.29.